The highest BCUT2D eigenvalue weighted by molar-refractivity contribution is 6.43. The number of carbonyl (C=O) groups excluding carboxylic acids is 1. The van der Waals surface area contributed by atoms with Gasteiger partial charge < -0.3 is 9.15 Å². The Labute approximate surface area is 176 Å². The van der Waals surface area contributed by atoms with Gasteiger partial charge in [0.25, 0.3) is 0 Å². The minimum absolute atomic E-state index is 0.00598. The quantitative estimate of drug-likeness (QED) is 0.316. The van der Waals surface area contributed by atoms with Crippen LogP contribution in [0.25, 0.3) is 22.1 Å². The maximum Gasteiger partial charge on any atom is 0.339 e. The first-order valence-electron chi connectivity index (χ1n) is 8.42. The lowest BCUT2D eigenvalue weighted by atomic mass is 10.0. The van der Waals surface area contributed by atoms with Gasteiger partial charge in [-0.2, -0.15) is 0 Å². The summed E-state index contributed by atoms with van der Waals surface area (Å²) in [7, 11) is 0. The van der Waals surface area contributed by atoms with E-state index in [0.29, 0.717) is 37.7 Å². The molecule has 0 aliphatic carbocycles. The van der Waals surface area contributed by atoms with Gasteiger partial charge in [-0.25, -0.2) is 4.79 Å². The van der Waals surface area contributed by atoms with Crippen LogP contribution >= 0.6 is 34.8 Å². The van der Waals surface area contributed by atoms with E-state index < -0.39 is 5.97 Å². The topological polar surface area (TPSA) is 39.4 Å². The number of rotatable bonds is 4. The highest BCUT2D eigenvalue weighted by Gasteiger charge is 2.15. The van der Waals surface area contributed by atoms with Crippen molar-refractivity contribution in [3.8, 4) is 11.3 Å². The van der Waals surface area contributed by atoms with Crippen LogP contribution in [0.3, 0.4) is 0 Å². The molecular weight excluding hydrogens is 419 g/mol. The summed E-state index contributed by atoms with van der Waals surface area (Å²) in [6.07, 6.45) is 0. The number of esters is 1. The van der Waals surface area contributed by atoms with Gasteiger partial charge >= 0.3 is 5.97 Å². The molecule has 0 aliphatic rings. The monoisotopic (exact) mass is 430 g/mol. The van der Waals surface area contributed by atoms with Crippen molar-refractivity contribution in [1.82, 2.24) is 0 Å². The van der Waals surface area contributed by atoms with Crippen molar-refractivity contribution in [3.63, 3.8) is 0 Å². The summed E-state index contributed by atoms with van der Waals surface area (Å²) in [6.45, 7) is -0.00598. The molecule has 0 spiro atoms. The van der Waals surface area contributed by atoms with Gasteiger partial charge in [0.2, 0.25) is 0 Å². The normalized spacial score (nSPS) is 11.0. The number of ether oxygens (including phenoxy) is 1. The van der Waals surface area contributed by atoms with Gasteiger partial charge in [-0.15, -0.1) is 0 Å². The van der Waals surface area contributed by atoms with Gasteiger partial charge in [-0.05, 0) is 41.8 Å². The lowest BCUT2D eigenvalue weighted by Gasteiger charge is -2.07. The second-order valence-electron chi connectivity index (χ2n) is 6.08. The van der Waals surface area contributed by atoms with Crippen LogP contribution in [0.4, 0.5) is 0 Å². The standard InChI is InChI=1S/C22H13Cl3O3/c23-18-8-2-4-14-15(18)5-1-6-16(14)22(26)27-12-13-10-11-20(28-13)17-7-3-9-19(24)21(17)25/h1-11H,12H2. The molecule has 28 heavy (non-hydrogen) atoms. The predicted molar refractivity (Wildman–Crippen MR) is 112 cm³/mol. The number of carbonyl (C=O) groups is 1. The van der Waals surface area contributed by atoms with Crippen molar-refractivity contribution in [2.75, 3.05) is 0 Å². The molecule has 3 aromatic carbocycles. The van der Waals surface area contributed by atoms with Crippen LogP contribution in [0.1, 0.15) is 16.1 Å². The van der Waals surface area contributed by atoms with Crippen LogP contribution in [0.2, 0.25) is 15.1 Å². The van der Waals surface area contributed by atoms with Crippen LogP contribution in [-0.2, 0) is 11.3 Å². The minimum Gasteiger partial charge on any atom is -0.457 e. The van der Waals surface area contributed by atoms with Crippen LogP contribution in [0.15, 0.2) is 71.1 Å². The van der Waals surface area contributed by atoms with E-state index >= 15 is 0 Å². The van der Waals surface area contributed by atoms with Gasteiger partial charge in [-0.1, -0.05) is 65.1 Å². The molecule has 0 saturated carbocycles. The summed E-state index contributed by atoms with van der Waals surface area (Å²) >= 11 is 18.5. The summed E-state index contributed by atoms with van der Waals surface area (Å²) in [5, 5.41) is 2.98. The number of hydrogen-bond donors (Lipinski definition) is 0. The zero-order chi connectivity index (χ0) is 19.7. The predicted octanol–water partition coefficient (Wildman–Crippen LogP) is 7.42. The Hall–Kier alpha value is -2.46. The van der Waals surface area contributed by atoms with Crippen molar-refractivity contribution >= 4 is 51.5 Å². The number of furan rings is 1. The molecule has 140 valence electrons. The van der Waals surface area contributed by atoms with E-state index in [0.717, 1.165) is 10.8 Å². The second kappa shape index (κ2) is 7.88. The summed E-state index contributed by atoms with van der Waals surface area (Å²) in [4.78, 5) is 12.6. The summed E-state index contributed by atoms with van der Waals surface area (Å²) in [5.41, 5.74) is 1.13. The molecule has 0 fully saturated rings. The van der Waals surface area contributed by atoms with E-state index in [9.17, 15) is 4.79 Å². The summed E-state index contributed by atoms with van der Waals surface area (Å²) in [6, 6.07) is 19.6. The summed E-state index contributed by atoms with van der Waals surface area (Å²) < 4.78 is 11.2. The number of halogens is 3. The fourth-order valence-corrected chi connectivity index (χ4v) is 3.59. The van der Waals surface area contributed by atoms with E-state index in [2.05, 4.69) is 0 Å². The molecule has 0 amide bonds. The SMILES string of the molecule is O=C(OCc1ccc(-c2cccc(Cl)c2Cl)o1)c1cccc2c(Cl)cccc12. The molecule has 4 rings (SSSR count). The Kier molecular flexibility index (Phi) is 5.31. The third kappa shape index (κ3) is 3.61. The average molecular weight is 432 g/mol. The molecule has 3 nitrogen and oxygen atoms in total. The van der Waals surface area contributed by atoms with E-state index in [-0.39, 0.29) is 6.61 Å². The van der Waals surface area contributed by atoms with Gasteiger partial charge in [0.15, 0.2) is 0 Å². The van der Waals surface area contributed by atoms with Crippen LogP contribution in [0.5, 0.6) is 0 Å². The van der Waals surface area contributed by atoms with Crippen molar-refractivity contribution in [3.05, 3.63) is 93.1 Å². The van der Waals surface area contributed by atoms with Crippen molar-refractivity contribution in [2.24, 2.45) is 0 Å². The Bertz CT molecular complexity index is 1180. The molecule has 1 aromatic heterocycles. The lowest BCUT2D eigenvalue weighted by Crippen LogP contribution is -2.05. The van der Waals surface area contributed by atoms with Crippen LogP contribution < -0.4 is 0 Å². The third-order valence-corrected chi connectivity index (χ3v) is 5.46. The van der Waals surface area contributed by atoms with Crippen LogP contribution in [0, 0.1) is 0 Å². The number of fused-ring (bicyclic) bond motifs is 1. The van der Waals surface area contributed by atoms with E-state index in [1.54, 1.807) is 48.5 Å². The molecule has 0 saturated heterocycles. The molecule has 1 heterocycles. The highest BCUT2D eigenvalue weighted by Crippen LogP contribution is 2.34. The minimum atomic E-state index is -0.452. The zero-order valence-corrected chi connectivity index (χ0v) is 16.7. The fourth-order valence-electron chi connectivity index (χ4n) is 2.96. The van der Waals surface area contributed by atoms with Crippen molar-refractivity contribution < 1.29 is 13.9 Å². The Morgan fingerprint density at radius 1 is 0.821 bits per heavy atom. The molecule has 0 radical (unpaired) electrons. The molecule has 6 heteroatoms. The summed E-state index contributed by atoms with van der Waals surface area (Å²) in [5.74, 6) is 0.597. The van der Waals surface area contributed by atoms with Crippen LogP contribution in [-0.4, -0.2) is 5.97 Å². The Morgan fingerprint density at radius 3 is 2.39 bits per heavy atom. The lowest BCUT2D eigenvalue weighted by molar-refractivity contribution is 0.0448. The number of benzene rings is 3. The van der Waals surface area contributed by atoms with Gasteiger partial charge in [-0.3, -0.25) is 0 Å². The highest BCUT2D eigenvalue weighted by atomic mass is 35.5. The van der Waals surface area contributed by atoms with E-state index in [1.807, 2.05) is 18.2 Å². The maximum absolute atomic E-state index is 12.6. The largest absolute Gasteiger partial charge is 0.457 e. The number of hydrogen-bond acceptors (Lipinski definition) is 3. The molecular formula is C22H13Cl3O3. The molecule has 0 bridgehead atoms. The third-order valence-electron chi connectivity index (χ3n) is 4.31. The van der Waals surface area contributed by atoms with Gasteiger partial charge in [0, 0.05) is 16.0 Å². The van der Waals surface area contributed by atoms with Crippen molar-refractivity contribution in [2.45, 2.75) is 6.61 Å². The van der Waals surface area contributed by atoms with E-state index in [1.165, 1.54) is 0 Å². The molecule has 4 aromatic rings. The van der Waals surface area contributed by atoms with Crippen molar-refractivity contribution in [1.29, 1.82) is 0 Å². The molecule has 0 aliphatic heterocycles. The first kappa shape index (κ1) is 18.9. The molecule has 0 N–H and O–H groups in total. The zero-order valence-electron chi connectivity index (χ0n) is 14.4. The van der Waals surface area contributed by atoms with Gasteiger partial charge in [0.1, 0.15) is 18.1 Å². The second-order valence-corrected chi connectivity index (χ2v) is 7.28. The molecule has 0 unspecified atom stereocenters. The Balaban J connectivity index is 1.53. The smallest absolute Gasteiger partial charge is 0.339 e. The first-order chi connectivity index (χ1) is 13.5. The van der Waals surface area contributed by atoms with Gasteiger partial charge in [0.05, 0.1) is 15.6 Å². The Morgan fingerprint density at radius 2 is 1.54 bits per heavy atom. The van der Waals surface area contributed by atoms with E-state index in [4.69, 9.17) is 44.0 Å². The average Bonchev–Trinajstić information content (AvgIpc) is 3.17. The fraction of sp³-hybridized carbons (Fsp3) is 0.0455. The maximum atomic E-state index is 12.6. The molecule has 0 atom stereocenters. The first-order valence-corrected chi connectivity index (χ1v) is 9.55.